The van der Waals surface area contributed by atoms with Crippen LogP contribution in [0.5, 0.6) is 5.75 Å². The Morgan fingerprint density at radius 3 is 2.62 bits per heavy atom. The number of ether oxygens (including phenoxy) is 1. The molecule has 8 nitrogen and oxygen atoms in total. The van der Waals surface area contributed by atoms with Gasteiger partial charge in [0, 0.05) is 40.5 Å². The van der Waals surface area contributed by atoms with E-state index in [4.69, 9.17) is 4.74 Å². The quantitative estimate of drug-likeness (QED) is 0.379. The van der Waals surface area contributed by atoms with Gasteiger partial charge in [-0.05, 0) is 36.2 Å². The van der Waals surface area contributed by atoms with Gasteiger partial charge in [0.15, 0.2) is 0 Å². The Bertz CT molecular complexity index is 1610. The number of fused-ring (bicyclic) bond motifs is 5. The first-order chi connectivity index (χ1) is 18.0. The van der Waals surface area contributed by atoms with Crippen molar-refractivity contribution in [3.05, 3.63) is 90.1 Å². The van der Waals surface area contributed by atoms with E-state index in [1.165, 1.54) is 12.0 Å². The van der Waals surface area contributed by atoms with Gasteiger partial charge in [-0.2, -0.15) is 0 Å². The third-order valence-electron chi connectivity index (χ3n) is 8.05. The van der Waals surface area contributed by atoms with Crippen molar-refractivity contribution < 1.29 is 19.1 Å². The van der Waals surface area contributed by atoms with Crippen LogP contribution in [0.2, 0.25) is 0 Å². The lowest BCUT2D eigenvalue weighted by molar-refractivity contribution is -0.130. The van der Waals surface area contributed by atoms with Gasteiger partial charge in [-0.3, -0.25) is 19.7 Å². The molecule has 0 saturated carbocycles. The number of imide groups is 1. The summed E-state index contributed by atoms with van der Waals surface area (Å²) in [5, 5.41) is 7.52. The number of rotatable bonds is 4. The van der Waals surface area contributed by atoms with E-state index in [-0.39, 0.29) is 17.7 Å². The summed E-state index contributed by atoms with van der Waals surface area (Å²) in [4.78, 5) is 46.4. The van der Waals surface area contributed by atoms with Crippen molar-refractivity contribution >= 4 is 40.0 Å². The summed E-state index contributed by atoms with van der Waals surface area (Å²) in [6.07, 6.45) is 2.42. The summed E-state index contributed by atoms with van der Waals surface area (Å²) >= 11 is 0. The molecule has 4 atom stereocenters. The molecule has 2 fully saturated rings. The van der Waals surface area contributed by atoms with Gasteiger partial charge in [0.05, 0.1) is 24.6 Å². The first kappa shape index (κ1) is 21.8. The molecule has 3 aliphatic rings. The lowest BCUT2D eigenvalue weighted by atomic mass is 9.76. The first-order valence-corrected chi connectivity index (χ1v) is 12.3. The maximum atomic E-state index is 14.1. The number of para-hydroxylation sites is 2. The zero-order valence-corrected chi connectivity index (χ0v) is 20.0. The predicted octanol–water partition coefficient (Wildman–Crippen LogP) is 3.34. The number of amides is 3. The van der Waals surface area contributed by atoms with Gasteiger partial charge >= 0.3 is 0 Å². The van der Waals surface area contributed by atoms with E-state index in [2.05, 4.69) is 15.6 Å². The number of nitrogens with one attached hydrogen (secondary N) is 3. The maximum Gasteiger partial charge on any atom is 0.250 e. The second-order valence-electron chi connectivity index (χ2n) is 9.84. The van der Waals surface area contributed by atoms with Crippen LogP contribution in [0.25, 0.3) is 10.9 Å². The Morgan fingerprint density at radius 1 is 0.946 bits per heavy atom. The molecule has 3 aliphatic heterocycles. The molecule has 0 unspecified atom stereocenters. The molecule has 8 heteroatoms. The number of carbonyl (C=O) groups excluding carboxylic acids is 3. The van der Waals surface area contributed by atoms with Crippen molar-refractivity contribution in [1.82, 2.24) is 10.3 Å². The zero-order chi connectivity index (χ0) is 25.3. The third kappa shape index (κ3) is 2.90. The monoisotopic (exact) mass is 492 g/mol. The van der Waals surface area contributed by atoms with Crippen molar-refractivity contribution in [3.63, 3.8) is 0 Å². The first-order valence-electron chi connectivity index (χ1n) is 12.3. The molecule has 3 N–H and O–H groups in total. The van der Waals surface area contributed by atoms with E-state index in [0.717, 1.165) is 16.5 Å². The van der Waals surface area contributed by atoms with Gasteiger partial charge < -0.3 is 15.0 Å². The molecule has 37 heavy (non-hydrogen) atoms. The number of aromatic amines is 1. The van der Waals surface area contributed by atoms with Crippen LogP contribution in [0.3, 0.4) is 0 Å². The Hall–Kier alpha value is -4.43. The van der Waals surface area contributed by atoms with E-state index in [0.29, 0.717) is 29.1 Å². The Morgan fingerprint density at radius 2 is 1.76 bits per heavy atom. The van der Waals surface area contributed by atoms with Gasteiger partial charge in [-0.1, -0.05) is 42.5 Å². The number of carbonyl (C=O) groups is 3. The van der Waals surface area contributed by atoms with Crippen LogP contribution < -0.4 is 20.3 Å². The second-order valence-corrected chi connectivity index (χ2v) is 9.84. The minimum Gasteiger partial charge on any atom is -0.497 e. The largest absolute Gasteiger partial charge is 0.497 e. The lowest BCUT2D eigenvalue weighted by Crippen LogP contribution is -2.53. The van der Waals surface area contributed by atoms with Crippen LogP contribution in [0.15, 0.2) is 79.0 Å². The average molecular weight is 493 g/mol. The standard InChI is InChI=1S/C29H24N4O4/c1-37-18-8-6-7-17(14-18)33-26(34)24-23(13-16-15-30-21-11-4-2-9-19(16)21)32-29(25(24)27(33)35)20-10-3-5-12-22(20)31-28(29)36/h2-12,14-15,23-25,30,32H,13H2,1H3,(H,31,36)/t23-,24-,25+,29+/m1/s1. The lowest BCUT2D eigenvalue weighted by Gasteiger charge is -2.29. The Kier molecular flexibility index (Phi) is 4.59. The fraction of sp³-hybridized carbons (Fsp3) is 0.207. The molecule has 1 spiro atoms. The highest BCUT2D eigenvalue weighted by Gasteiger charge is 2.70. The molecule has 0 aliphatic carbocycles. The van der Waals surface area contributed by atoms with Crippen LogP contribution in [0, 0.1) is 11.8 Å². The summed E-state index contributed by atoms with van der Waals surface area (Å²) in [7, 11) is 1.54. The zero-order valence-electron chi connectivity index (χ0n) is 20.0. The van der Waals surface area contributed by atoms with Crippen molar-refractivity contribution in [1.29, 1.82) is 0 Å². The summed E-state index contributed by atoms with van der Waals surface area (Å²) in [5.41, 5.74) is 2.49. The molecule has 0 radical (unpaired) electrons. The molecular weight excluding hydrogens is 468 g/mol. The highest BCUT2D eigenvalue weighted by molar-refractivity contribution is 6.25. The highest BCUT2D eigenvalue weighted by Crippen LogP contribution is 2.54. The summed E-state index contributed by atoms with van der Waals surface area (Å²) < 4.78 is 5.34. The normalized spacial score (nSPS) is 26.1. The highest BCUT2D eigenvalue weighted by atomic mass is 16.5. The summed E-state index contributed by atoms with van der Waals surface area (Å²) in [5.74, 6) is -2.06. The summed E-state index contributed by atoms with van der Waals surface area (Å²) in [6, 6.07) is 21.8. The minimum atomic E-state index is -1.33. The van der Waals surface area contributed by atoms with Crippen molar-refractivity contribution in [2.45, 2.75) is 18.0 Å². The van der Waals surface area contributed by atoms with E-state index >= 15 is 0 Å². The predicted molar refractivity (Wildman–Crippen MR) is 138 cm³/mol. The SMILES string of the molecule is COc1cccc(N2C(=O)[C@H]3[C@@H](C2=O)[C@]2(N[C@@H]3Cc3c[nH]c4ccccc34)C(=O)Nc3ccccc32)c1. The molecule has 184 valence electrons. The molecule has 3 aromatic carbocycles. The van der Waals surface area contributed by atoms with Crippen molar-refractivity contribution in [2.24, 2.45) is 11.8 Å². The second kappa shape index (κ2) is 7.78. The smallest absolute Gasteiger partial charge is 0.250 e. The molecule has 3 amide bonds. The van der Waals surface area contributed by atoms with Gasteiger partial charge in [0.1, 0.15) is 11.3 Å². The van der Waals surface area contributed by atoms with Crippen molar-refractivity contribution in [3.8, 4) is 5.75 Å². The van der Waals surface area contributed by atoms with E-state index in [1.54, 1.807) is 24.3 Å². The summed E-state index contributed by atoms with van der Waals surface area (Å²) in [6.45, 7) is 0. The number of hydrogen-bond acceptors (Lipinski definition) is 5. The number of hydrogen-bond donors (Lipinski definition) is 3. The van der Waals surface area contributed by atoms with Crippen LogP contribution in [0.4, 0.5) is 11.4 Å². The molecule has 4 aromatic rings. The van der Waals surface area contributed by atoms with Gasteiger partial charge in [0.2, 0.25) is 17.7 Å². The van der Waals surface area contributed by atoms with E-state index < -0.39 is 23.4 Å². The number of aromatic nitrogens is 1. The fourth-order valence-corrected chi connectivity index (χ4v) is 6.47. The van der Waals surface area contributed by atoms with Gasteiger partial charge in [0.25, 0.3) is 0 Å². The number of nitrogens with zero attached hydrogens (tertiary/aromatic N) is 1. The Labute approximate surface area is 212 Å². The third-order valence-corrected chi connectivity index (χ3v) is 8.05. The van der Waals surface area contributed by atoms with Crippen LogP contribution in [0.1, 0.15) is 11.1 Å². The molecular formula is C29H24N4O4. The maximum absolute atomic E-state index is 14.1. The topological polar surface area (TPSA) is 104 Å². The van der Waals surface area contributed by atoms with Gasteiger partial charge in [-0.25, -0.2) is 4.90 Å². The number of anilines is 2. The minimum absolute atomic E-state index is 0.307. The van der Waals surface area contributed by atoms with Crippen LogP contribution >= 0.6 is 0 Å². The number of benzene rings is 3. The fourth-order valence-electron chi connectivity index (χ4n) is 6.47. The number of methoxy groups -OCH3 is 1. The molecule has 0 bridgehead atoms. The van der Waals surface area contributed by atoms with E-state index in [1.807, 2.05) is 54.7 Å². The van der Waals surface area contributed by atoms with E-state index in [9.17, 15) is 14.4 Å². The molecule has 2 saturated heterocycles. The Balaban J connectivity index is 1.37. The van der Waals surface area contributed by atoms with Gasteiger partial charge in [-0.15, -0.1) is 0 Å². The molecule has 7 rings (SSSR count). The molecule has 4 heterocycles. The number of H-pyrrole nitrogens is 1. The average Bonchev–Trinajstić information content (AvgIpc) is 3.63. The van der Waals surface area contributed by atoms with Crippen molar-refractivity contribution in [2.75, 3.05) is 17.3 Å². The van der Waals surface area contributed by atoms with Crippen LogP contribution in [-0.2, 0) is 26.3 Å². The van der Waals surface area contributed by atoms with Crippen LogP contribution in [-0.4, -0.2) is 35.9 Å². The molecule has 1 aromatic heterocycles.